The van der Waals surface area contributed by atoms with Crippen LogP contribution in [0.1, 0.15) is 98.3 Å². The number of rotatable bonds is 7. The molecule has 2 bridgehead atoms. The number of aliphatic hydroxyl groups is 5. The molecule has 6 N–H and O–H groups in total. The zero-order chi connectivity index (χ0) is 43.8. The lowest BCUT2D eigenvalue weighted by Gasteiger charge is -2.45. The van der Waals surface area contributed by atoms with E-state index in [1.54, 1.807) is 26.8 Å². The maximum atomic E-state index is 14.2. The molecule has 14 atom stereocenters. The summed E-state index contributed by atoms with van der Waals surface area (Å²) in [5.74, 6) is -12.0. The van der Waals surface area contributed by atoms with Crippen LogP contribution in [0.3, 0.4) is 0 Å². The number of carboxylic acids is 1. The van der Waals surface area contributed by atoms with Crippen LogP contribution in [0.15, 0.2) is 35.5 Å². The molecule has 4 aliphatic rings. The zero-order valence-corrected chi connectivity index (χ0v) is 34.7. The predicted molar refractivity (Wildman–Crippen MR) is 210 cm³/mol. The first-order chi connectivity index (χ1) is 27.8. The van der Waals surface area contributed by atoms with E-state index in [1.807, 2.05) is 6.08 Å². The number of methoxy groups -OCH3 is 1. The molecular weight excluding hydrogens is 770 g/mol. The van der Waals surface area contributed by atoms with Crippen LogP contribution in [0.5, 0.6) is 0 Å². The van der Waals surface area contributed by atoms with Crippen molar-refractivity contribution in [2.24, 2.45) is 29.6 Å². The van der Waals surface area contributed by atoms with Gasteiger partial charge in [0.05, 0.1) is 36.6 Å². The van der Waals surface area contributed by atoms with E-state index in [1.165, 1.54) is 20.1 Å². The standard InChI is InChI=1S/C43H63NO15/c1-23-15-28(9-8-11-37(51)52)34(49)21-33(48)26(4)38(24(2)17-27-12-13-32(47)36(19-27)57-5)58-42(55)31-10-6-7-14-44(31)41(54)40(53)43(56)25(3)18-29(22-45)39(59-43)35(50)20-30(46)16-23/h8,11,15,17,22,25-33,35-36,38-39,46-48,50,56H,6-7,9-10,12-14,16,18-21H2,1-5H3,(H,51,52)/b11-8+,23-15+,24-17+/t25-,26-,27+,28-,29-,30+,31+,32-,33+,35+,36-,38-,39+,43-/m1/s1. The van der Waals surface area contributed by atoms with Gasteiger partial charge in [0, 0.05) is 56.2 Å². The van der Waals surface area contributed by atoms with E-state index in [-0.39, 0.29) is 44.6 Å². The first-order valence-corrected chi connectivity index (χ1v) is 20.7. The molecule has 1 amide bonds. The maximum absolute atomic E-state index is 14.2. The Morgan fingerprint density at radius 2 is 1.69 bits per heavy atom. The number of amides is 1. The third-order valence-electron chi connectivity index (χ3n) is 12.5. The molecule has 330 valence electrons. The molecule has 0 unspecified atom stereocenters. The number of fused-ring (bicyclic) bond motifs is 3. The monoisotopic (exact) mass is 833 g/mol. The van der Waals surface area contributed by atoms with E-state index in [0.29, 0.717) is 49.5 Å². The summed E-state index contributed by atoms with van der Waals surface area (Å²) in [5.41, 5.74) is 1.02. The highest BCUT2D eigenvalue weighted by Crippen LogP contribution is 2.39. The minimum Gasteiger partial charge on any atom is -0.478 e. The normalized spacial score (nSPS) is 40.0. The van der Waals surface area contributed by atoms with Crippen LogP contribution in [-0.2, 0) is 43.0 Å². The smallest absolute Gasteiger partial charge is 0.329 e. The molecular formula is C43H63NO15. The highest BCUT2D eigenvalue weighted by atomic mass is 16.6. The van der Waals surface area contributed by atoms with Crippen LogP contribution in [0.25, 0.3) is 0 Å². The van der Waals surface area contributed by atoms with E-state index in [0.717, 1.165) is 11.0 Å². The number of cyclic esters (lactones) is 1. The molecule has 1 saturated carbocycles. The molecule has 3 heterocycles. The fourth-order valence-electron chi connectivity index (χ4n) is 9.06. The highest BCUT2D eigenvalue weighted by Gasteiger charge is 2.56. The predicted octanol–water partition coefficient (Wildman–Crippen LogP) is 1.96. The summed E-state index contributed by atoms with van der Waals surface area (Å²) in [6.07, 6.45) is -0.354. The lowest BCUT2D eigenvalue weighted by atomic mass is 9.79. The molecule has 3 fully saturated rings. The quantitative estimate of drug-likeness (QED) is 0.0705. The second-order valence-electron chi connectivity index (χ2n) is 17.1. The Morgan fingerprint density at radius 1 is 0.983 bits per heavy atom. The van der Waals surface area contributed by atoms with Gasteiger partial charge in [0.1, 0.15) is 24.2 Å². The number of ketones is 2. The van der Waals surface area contributed by atoms with Gasteiger partial charge in [0.15, 0.2) is 0 Å². The molecule has 59 heavy (non-hydrogen) atoms. The lowest BCUT2D eigenvalue weighted by Crippen LogP contribution is -2.63. The lowest BCUT2D eigenvalue weighted by molar-refractivity contribution is -0.286. The van der Waals surface area contributed by atoms with Crippen molar-refractivity contribution < 1.29 is 73.6 Å². The number of piperidine rings is 1. The molecule has 2 saturated heterocycles. The van der Waals surface area contributed by atoms with Gasteiger partial charge in [-0.2, -0.15) is 0 Å². The summed E-state index contributed by atoms with van der Waals surface area (Å²) in [6, 6.07) is -1.28. The molecule has 4 rings (SSSR count). The second-order valence-corrected chi connectivity index (χ2v) is 17.1. The Bertz CT molecular complexity index is 1620. The number of nitrogens with zero attached hydrogens (tertiary/aromatic N) is 1. The van der Waals surface area contributed by atoms with E-state index in [4.69, 9.17) is 14.2 Å². The van der Waals surface area contributed by atoms with Gasteiger partial charge >= 0.3 is 11.9 Å². The van der Waals surface area contributed by atoms with Crippen molar-refractivity contribution in [3.63, 3.8) is 0 Å². The van der Waals surface area contributed by atoms with Crippen LogP contribution < -0.4 is 0 Å². The topological polar surface area (TPSA) is 255 Å². The van der Waals surface area contributed by atoms with Gasteiger partial charge in [-0.3, -0.25) is 14.4 Å². The first kappa shape index (κ1) is 48.0. The number of carbonyl (C=O) groups is 6. The van der Waals surface area contributed by atoms with Gasteiger partial charge in [-0.15, -0.1) is 0 Å². The number of esters is 1. The summed E-state index contributed by atoms with van der Waals surface area (Å²) in [5, 5.41) is 65.4. The molecule has 0 spiro atoms. The largest absolute Gasteiger partial charge is 0.478 e. The van der Waals surface area contributed by atoms with E-state index < -0.39 is 114 Å². The van der Waals surface area contributed by atoms with Crippen LogP contribution >= 0.6 is 0 Å². The number of carbonyl (C=O) groups excluding carboxylic acids is 5. The van der Waals surface area contributed by atoms with Gasteiger partial charge in [-0.1, -0.05) is 37.6 Å². The molecule has 0 aromatic carbocycles. The van der Waals surface area contributed by atoms with Crippen LogP contribution in [-0.4, -0.2) is 139 Å². The molecule has 16 heteroatoms. The number of hydrogen-bond donors (Lipinski definition) is 6. The van der Waals surface area contributed by atoms with Crippen molar-refractivity contribution >= 4 is 35.7 Å². The number of Topliss-reactive ketones (excluding diaryl/α,β-unsaturated/α-hetero) is 2. The number of allylic oxidation sites excluding steroid dienone is 3. The minimum atomic E-state index is -2.79. The van der Waals surface area contributed by atoms with Crippen LogP contribution in [0.4, 0.5) is 0 Å². The Balaban J connectivity index is 1.79. The number of aldehydes is 1. The first-order valence-electron chi connectivity index (χ1n) is 20.7. The van der Waals surface area contributed by atoms with Crippen LogP contribution in [0, 0.1) is 29.6 Å². The average molecular weight is 834 g/mol. The highest BCUT2D eigenvalue weighted by molar-refractivity contribution is 6.39. The number of hydrogen-bond acceptors (Lipinski definition) is 14. The molecule has 0 aromatic rings. The second kappa shape index (κ2) is 21.2. The van der Waals surface area contributed by atoms with Gasteiger partial charge in [-0.05, 0) is 83.1 Å². The Morgan fingerprint density at radius 3 is 2.36 bits per heavy atom. The summed E-state index contributed by atoms with van der Waals surface area (Å²) in [6.45, 7) is 6.34. The minimum absolute atomic E-state index is 0.0386. The van der Waals surface area contributed by atoms with Crippen molar-refractivity contribution in [3.05, 3.63) is 35.5 Å². The number of aliphatic hydroxyl groups excluding tert-OH is 4. The van der Waals surface area contributed by atoms with Gasteiger partial charge in [0.2, 0.25) is 5.79 Å². The van der Waals surface area contributed by atoms with E-state index in [9.17, 15) is 59.4 Å². The Labute approximate surface area is 345 Å². The van der Waals surface area contributed by atoms with Crippen molar-refractivity contribution in [2.75, 3.05) is 13.7 Å². The van der Waals surface area contributed by atoms with Crippen LogP contribution in [0.2, 0.25) is 0 Å². The Kier molecular flexibility index (Phi) is 17.3. The van der Waals surface area contributed by atoms with E-state index >= 15 is 0 Å². The molecule has 0 radical (unpaired) electrons. The van der Waals surface area contributed by atoms with E-state index in [2.05, 4.69) is 0 Å². The number of carboxylic acid groups (broad SMARTS) is 1. The molecule has 16 nitrogen and oxygen atoms in total. The van der Waals surface area contributed by atoms with Crippen molar-refractivity contribution in [3.8, 4) is 0 Å². The fraction of sp³-hybridized carbons (Fsp3) is 0.721. The summed E-state index contributed by atoms with van der Waals surface area (Å²) in [7, 11) is 1.51. The SMILES string of the molecule is CO[C@@H]1C[C@H](/C=C(\C)[C@H]2OC(=O)[C@@H]3CCCCN3C(=O)C(=O)[C@]3(O)O[C@H]([C@@H](O)C[C@@H](O)C/C(C)=C/[C@@H](C/C=C/C(=O)O)C(=O)C[C@H](O)[C@H]2C)[C@@H](C=O)C[C@H]3C)CC[C@H]1O. The molecule has 0 aromatic heterocycles. The fourth-order valence-corrected chi connectivity index (χ4v) is 9.06. The zero-order valence-electron chi connectivity index (χ0n) is 34.7. The summed E-state index contributed by atoms with van der Waals surface area (Å²) in [4.78, 5) is 80.7. The number of aliphatic carboxylic acids is 1. The number of ether oxygens (including phenoxy) is 3. The molecule has 3 aliphatic heterocycles. The van der Waals surface area contributed by atoms with Gasteiger partial charge in [0.25, 0.3) is 11.7 Å². The van der Waals surface area contributed by atoms with Crippen molar-refractivity contribution in [1.29, 1.82) is 0 Å². The third-order valence-corrected chi connectivity index (χ3v) is 12.5. The maximum Gasteiger partial charge on any atom is 0.329 e. The van der Waals surface area contributed by atoms with Gasteiger partial charge in [-0.25, -0.2) is 9.59 Å². The Hall–Kier alpha value is -3.64. The van der Waals surface area contributed by atoms with Crippen molar-refractivity contribution in [2.45, 2.75) is 153 Å². The third kappa shape index (κ3) is 12.0. The molecule has 1 aliphatic carbocycles. The van der Waals surface area contributed by atoms with Crippen molar-refractivity contribution in [1.82, 2.24) is 4.90 Å². The summed E-state index contributed by atoms with van der Waals surface area (Å²) >= 11 is 0. The average Bonchev–Trinajstić information content (AvgIpc) is 3.19. The summed E-state index contributed by atoms with van der Waals surface area (Å²) < 4.78 is 17.5. The van der Waals surface area contributed by atoms with Gasteiger partial charge < -0.3 is 54.5 Å².